The highest BCUT2D eigenvalue weighted by molar-refractivity contribution is 5.94. The molecule has 2 bridgehead atoms. The number of nitrogens with one attached hydrogen (secondary N) is 2. The van der Waals surface area contributed by atoms with Crippen molar-refractivity contribution in [2.45, 2.75) is 62.6 Å². The predicted octanol–water partition coefficient (Wildman–Crippen LogP) is 5.97. The summed E-state index contributed by atoms with van der Waals surface area (Å²) >= 11 is 0. The highest BCUT2D eigenvalue weighted by Gasteiger charge is 2.66. The lowest BCUT2D eigenvalue weighted by molar-refractivity contribution is -0.139. The maximum atomic E-state index is 13.7. The molecular formula is C41H44N4O5. The van der Waals surface area contributed by atoms with E-state index in [9.17, 15) is 9.59 Å². The first-order valence-electron chi connectivity index (χ1n) is 18.4. The number of allylic oxidation sites excluding steroid dienone is 1. The standard InChI is InChI=1S/C41H44N4O5/c1-22-18-33(34-25-13-15-44-17-14-41(38(34)44)29-9-5-7-11-31(29)43-37(41)35(25)40(47)49-3)50-21-28(22)26-19-32-36-24(23-8-4-6-10-30(23)42-36)12-16-45(32)20-27(26)39(46)48-2/h4-11,20-22,25-26,32-34,38,42-43H,12-19H2,1-3H3/t22-,25-,26-,32-,33+,34+,38+,41+/m0/s1. The van der Waals surface area contributed by atoms with Gasteiger partial charge in [0, 0.05) is 64.5 Å². The predicted molar refractivity (Wildman–Crippen MR) is 189 cm³/mol. The first-order chi connectivity index (χ1) is 24.4. The molecule has 2 fully saturated rings. The summed E-state index contributed by atoms with van der Waals surface area (Å²) in [6.45, 7) is 5.11. The number of ether oxygens (including phenoxy) is 3. The monoisotopic (exact) mass is 672 g/mol. The van der Waals surface area contributed by atoms with Gasteiger partial charge in [0.25, 0.3) is 0 Å². The molecule has 7 heterocycles. The number of benzene rings is 2. The van der Waals surface area contributed by atoms with Gasteiger partial charge in [0.1, 0.15) is 6.10 Å². The Morgan fingerprint density at radius 2 is 1.80 bits per heavy atom. The molecule has 0 unspecified atom stereocenters. The second kappa shape index (κ2) is 11.0. The average molecular weight is 673 g/mol. The molecule has 9 heteroatoms. The number of aromatic amines is 1. The van der Waals surface area contributed by atoms with Crippen molar-refractivity contribution >= 4 is 28.5 Å². The number of fused-ring (bicyclic) bond motifs is 7. The molecule has 2 aromatic carbocycles. The van der Waals surface area contributed by atoms with Crippen molar-refractivity contribution in [3.63, 3.8) is 0 Å². The molecule has 0 radical (unpaired) electrons. The smallest absolute Gasteiger partial charge is 0.335 e. The summed E-state index contributed by atoms with van der Waals surface area (Å²) in [7, 11) is 2.98. The highest BCUT2D eigenvalue weighted by atomic mass is 16.5. The van der Waals surface area contributed by atoms with E-state index < -0.39 is 0 Å². The number of carbonyl (C=O) groups is 2. The van der Waals surface area contributed by atoms with Crippen LogP contribution in [0.15, 0.2) is 83.4 Å². The lowest BCUT2D eigenvalue weighted by Gasteiger charge is -2.55. The van der Waals surface area contributed by atoms with Crippen LogP contribution in [0.3, 0.4) is 0 Å². The van der Waals surface area contributed by atoms with Crippen LogP contribution in [0.2, 0.25) is 0 Å². The largest absolute Gasteiger partial charge is 0.498 e. The molecule has 50 heavy (non-hydrogen) atoms. The molecular weight excluding hydrogens is 628 g/mol. The van der Waals surface area contributed by atoms with Crippen LogP contribution in [0.5, 0.6) is 0 Å². The molecule has 1 aliphatic carbocycles. The third-order valence-electron chi connectivity index (χ3n) is 13.5. The zero-order valence-electron chi connectivity index (χ0n) is 28.9. The molecule has 10 rings (SSSR count). The fourth-order valence-corrected chi connectivity index (χ4v) is 11.5. The molecule has 1 aromatic heterocycles. The maximum absolute atomic E-state index is 13.7. The highest BCUT2D eigenvalue weighted by Crippen LogP contribution is 2.63. The van der Waals surface area contributed by atoms with Crippen LogP contribution in [0.1, 0.15) is 55.5 Å². The van der Waals surface area contributed by atoms with Gasteiger partial charge >= 0.3 is 11.9 Å². The number of piperidine rings is 1. The molecule has 9 nitrogen and oxygen atoms in total. The Bertz CT molecular complexity index is 2040. The number of esters is 2. The van der Waals surface area contributed by atoms with Crippen LogP contribution in [-0.4, -0.2) is 72.7 Å². The van der Waals surface area contributed by atoms with E-state index in [0.717, 1.165) is 74.3 Å². The first-order valence-corrected chi connectivity index (χ1v) is 18.4. The van der Waals surface area contributed by atoms with Crippen molar-refractivity contribution in [2.75, 3.05) is 39.2 Å². The number of hydrogen-bond acceptors (Lipinski definition) is 8. The van der Waals surface area contributed by atoms with Gasteiger partial charge in [0.15, 0.2) is 0 Å². The number of methoxy groups -OCH3 is 2. The molecule has 6 aliphatic heterocycles. The van der Waals surface area contributed by atoms with Crippen LogP contribution in [0.4, 0.5) is 5.69 Å². The minimum Gasteiger partial charge on any atom is -0.498 e. The minimum absolute atomic E-state index is 0.0373. The van der Waals surface area contributed by atoms with Gasteiger partial charge < -0.3 is 29.4 Å². The molecule has 7 aliphatic rings. The van der Waals surface area contributed by atoms with E-state index in [4.69, 9.17) is 14.2 Å². The summed E-state index contributed by atoms with van der Waals surface area (Å²) in [5.41, 5.74) is 9.65. The lowest BCUT2D eigenvalue weighted by atomic mass is 9.56. The van der Waals surface area contributed by atoms with Gasteiger partial charge in [-0.1, -0.05) is 43.3 Å². The number of hydrogen-bond donors (Lipinski definition) is 2. The van der Waals surface area contributed by atoms with Crippen LogP contribution >= 0.6 is 0 Å². The molecule has 8 atom stereocenters. The summed E-state index contributed by atoms with van der Waals surface area (Å²) in [5.74, 6) is -0.279. The fourth-order valence-electron chi connectivity index (χ4n) is 11.5. The van der Waals surface area contributed by atoms with E-state index in [1.807, 2.05) is 6.26 Å². The Morgan fingerprint density at radius 3 is 2.64 bits per heavy atom. The lowest BCUT2D eigenvalue weighted by Crippen LogP contribution is -2.61. The van der Waals surface area contributed by atoms with Gasteiger partial charge in [-0.25, -0.2) is 9.59 Å². The maximum Gasteiger partial charge on any atom is 0.335 e. The summed E-state index contributed by atoms with van der Waals surface area (Å²) in [5, 5.41) is 5.03. The Balaban J connectivity index is 1.02. The SMILES string of the molecule is COC(=O)C1=CN2CCc3c([nH]c4ccccc34)[C@@H]2C[C@@H]1C1=CO[C@@H]([C@H]2[C@@H]3CCN4CC[C@@]5(C(=C3C(=O)OC)Nc3ccccc35)[C@@H]24)C[C@@H]1C. The average Bonchev–Trinajstić information content (AvgIpc) is 3.84. The van der Waals surface area contributed by atoms with Crippen molar-refractivity contribution in [1.82, 2.24) is 14.8 Å². The fraction of sp³-hybridized carbons (Fsp3) is 0.463. The topological polar surface area (TPSA) is 96.1 Å². The summed E-state index contributed by atoms with van der Waals surface area (Å²) in [6.07, 6.45) is 8.38. The number of para-hydroxylation sites is 2. The van der Waals surface area contributed by atoms with Gasteiger partial charge in [-0.2, -0.15) is 0 Å². The van der Waals surface area contributed by atoms with Crippen LogP contribution in [0.25, 0.3) is 10.9 Å². The van der Waals surface area contributed by atoms with E-state index in [0.29, 0.717) is 5.57 Å². The van der Waals surface area contributed by atoms with Gasteiger partial charge in [0.05, 0.1) is 43.1 Å². The third kappa shape index (κ3) is 3.98. The van der Waals surface area contributed by atoms with E-state index >= 15 is 0 Å². The van der Waals surface area contributed by atoms with Gasteiger partial charge in [0.2, 0.25) is 0 Å². The Kier molecular flexibility index (Phi) is 6.67. The Labute approximate surface area is 292 Å². The molecule has 0 amide bonds. The van der Waals surface area contributed by atoms with Crippen molar-refractivity contribution in [2.24, 2.45) is 23.7 Å². The molecule has 1 spiro atoms. The molecule has 3 aromatic rings. The van der Waals surface area contributed by atoms with Gasteiger partial charge in [-0.05, 0) is 79.9 Å². The zero-order valence-corrected chi connectivity index (χ0v) is 28.9. The van der Waals surface area contributed by atoms with Crippen molar-refractivity contribution in [1.29, 1.82) is 0 Å². The Morgan fingerprint density at radius 1 is 0.980 bits per heavy atom. The normalized spacial score (nSPS) is 33.7. The number of nitrogens with zero attached hydrogens (tertiary/aromatic N) is 2. The third-order valence-corrected chi connectivity index (χ3v) is 13.5. The number of anilines is 1. The van der Waals surface area contributed by atoms with Gasteiger partial charge in [-0.15, -0.1) is 0 Å². The molecule has 258 valence electrons. The molecule has 0 saturated carbocycles. The van der Waals surface area contributed by atoms with Gasteiger partial charge in [-0.3, -0.25) is 4.90 Å². The number of carbonyl (C=O) groups excluding carboxylic acids is 2. The molecule has 2 N–H and O–H groups in total. The van der Waals surface area contributed by atoms with Crippen LogP contribution in [0, 0.1) is 23.7 Å². The number of rotatable bonds is 4. The van der Waals surface area contributed by atoms with Crippen molar-refractivity contribution in [3.05, 3.63) is 100 Å². The summed E-state index contributed by atoms with van der Waals surface area (Å²) < 4.78 is 17.8. The van der Waals surface area contributed by atoms with E-state index in [1.165, 1.54) is 41.9 Å². The second-order valence-corrected chi connectivity index (χ2v) is 15.5. The van der Waals surface area contributed by atoms with Crippen LogP contribution < -0.4 is 5.32 Å². The quantitative estimate of drug-likeness (QED) is 0.328. The summed E-state index contributed by atoms with van der Waals surface area (Å²) in [6, 6.07) is 17.5. The van der Waals surface area contributed by atoms with Crippen LogP contribution in [-0.2, 0) is 35.6 Å². The minimum atomic E-state index is -0.288. The van der Waals surface area contributed by atoms with Crippen molar-refractivity contribution < 1.29 is 23.8 Å². The van der Waals surface area contributed by atoms with E-state index in [-0.39, 0.29) is 59.2 Å². The molecule has 2 saturated heterocycles. The van der Waals surface area contributed by atoms with E-state index in [1.54, 1.807) is 0 Å². The number of H-pyrrole nitrogens is 1. The first kappa shape index (κ1) is 30.3. The van der Waals surface area contributed by atoms with Crippen molar-refractivity contribution in [3.8, 4) is 0 Å². The zero-order chi connectivity index (χ0) is 33.9. The number of aromatic nitrogens is 1. The van der Waals surface area contributed by atoms with E-state index in [2.05, 4.69) is 81.8 Å². The second-order valence-electron chi connectivity index (χ2n) is 15.5. The Hall–Kier alpha value is -4.50. The summed E-state index contributed by atoms with van der Waals surface area (Å²) in [4.78, 5) is 35.9.